The van der Waals surface area contributed by atoms with Crippen molar-refractivity contribution in [1.29, 1.82) is 0 Å². The van der Waals surface area contributed by atoms with Crippen LogP contribution >= 0.6 is 0 Å². The van der Waals surface area contributed by atoms with Crippen LogP contribution in [-0.4, -0.2) is 21.3 Å². The van der Waals surface area contributed by atoms with E-state index in [-0.39, 0.29) is 0 Å². The molecule has 2 heterocycles. The number of hydrogen-bond donors (Lipinski definition) is 1. The van der Waals surface area contributed by atoms with Gasteiger partial charge in [0.15, 0.2) is 5.82 Å². The fourth-order valence-corrected chi connectivity index (χ4v) is 3.62. The lowest BCUT2D eigenvalue weighted by atomic mass is 9.95. The van der Waals surface area contributed by atoms with Crippen molar-refractivity contribution in [2.75, 3.05) is 11.9 Å². The fourth-order valence-electron chi connectivity index (χ4n) is 3.62. The van der Waals surface area contributed by atoms with Crippen LogP contribution in [0.4, 0.5) is 5.95 Å². The maximum Gasteiger partial charge on any atom is 0.221 e. The van der Waals surface area contributed by atoms with Crippen LogP contribution < -0.4 is 5.32 Å². The Labute approximate surface area is 119 Å². The zero-order valence-electron chi connectivity index (χ0n) is 11.6. The van der Waals surface area contributed by atoms with Gasteiger partial charge < -0.3 is 5.32 Å². The Kier molecular flexibility index (Phi) is 2.94. The van der Waals surface area contributed by atoms with Gasteiger partial charge in [-0.1, -0.05) is 43.2 Å². The van der Waals surface area contributed by atoms with Crippen molar-refractivity contribution < 1.29 is 0 Å². The Morgan fingerprint density at radius 3 is 2.65 bits per heavy atom. The number of nitrogens with zero attached hydrogens (tertiary/aromatic N) is 3. The molecular weight excluding hydrogens is 248 g/mol. The van der Waals surface area contributed by atoms with E-state index in [1.165, 1.54) is 32.1 Å². The van der Waals surface area contributed by atoms with Crippen LogP contribution in [0.15, 0.2) is 30.3 Å². The molecule has 0 bridgehead atoms. The van der Waals surface area contributed by atoms with Crippen LogP contribution in [0, 0.1) is 5.92 Å². The summed E-state index contributed by atoms with van der Waals surface area (Å²) in [6.07, 6.45) is 6.64. The number of aromatic nitrogens is 3. The lowest BCUT2D eigenvalue weighted by Crippen LogP contribution is -2.28. The number of hydrogen-bond acceptors (Lipinski definition) is 3. The summed E-state index contributed by atoms with van der Waals surface area (Å²) >= 11 is 0. The van der Waals surface area contributed by atoms with Gasteiger partial charge in [0.25, 0.3) is 0 Å². The van der Waals surface area contributed by atoms with E-state index in [4.69, 9.17) is 5.10 Å². The normalized spacial score (nSPS) is 22.5. The predicted molar refractivity (Wildman–Crippen MR) is 79.6 cm³/mol. The van der Waals surface area contributed by atoms with Crippen LogP contribution in [0.2, 0.25) is 0 Å². The maximum atomic E-state index is 4.79. The second kappa shape index (κ2) is 4.93. The molecule has 0 radical (unpaired) electrons. The molecule has 4 rings (SSSR count). The van der Waals surface area contributed by atoms with E-state index >= 15 is 0 Å². The fraction of sp³-hybridized carbons (Fsp3) is 0.500. The Bertz CT molecular complexity index is 584. The van der Waals surface area contributed by atoms with Gasteiger partial charge in [-0.15, -0.1) is 5.10 Å². The van der Waals surface area contributed by atoms with E-state index in [0.29, 0.717) is 6.04 Å². The van der Waals surface area contributed by atoms with E-state index in [1.54, 1.807) is 0 Å². The van der Waals surface area contributed by atoms with Gasteiger partial charge in [0.05, 0.1) is 6.04 Å². The predicted octanol–water partition coefficient (Wildman–Crippen LogP) is 3.49. The van der Waals surface area contributed by atoms with E-state index in [0.717, 1.165) is 29.8 Å². The van der Waals surface area contributed by atoms with Crippen molar-refractivity contribution in [2.24, 2.45) is 5.92 Å². The average molecular weight is 268 g/mol. The summed E-state index contributed by atoms with van der Waals surface area (Å²) in [4.78, 5) is 4.68. The van der Waals surface area contributed by atoms with Crippen LogP contribution in [-0.2, 0) is 0 Å². The third kappa shape index (κ3) is 1.99. The number of nitrogens with one attached hydrogen (secondary N) is 1. The average Bonchev–Trinajstić information content (AvgIpc) is 3.17. The minimum absolute atomic E-state index is 0.540. The van der Waals surface area contributed by atoms with Crippen molar-refractivity contribution in [3.05, 3.63) is 30.3 Å². The zero-order valence-corrected chi connectivity index (χ0v) is 11.6. The SMILES string of the molecule is c1ccc(-c2nc3n(n2)C(C2CCCC2)CCN3)cc1. The maximum absolute atomic E-state index is 4.79. The molecule has 4 nitrogen and oxygen atoms in total. The molecular formula is C16H20N4. The first kappa shape index (κ1) is 11.9. The minimum atomic E-state index is 0.540. The molecule has 0 saturated heterocycles. The highest BCUT2D eigenvalue weighted by atomic mass is 15.4. The molecule has 1 N–H and O–H groups in total. The summed E-state index contributed by atoms with van der Waals surface area (Å²) in [6, 6.07) is 10.8. The number of rotatable bonds is 2. The van der Waals surface area contributed by atoms with Crippen molar-refractivity contribution >= 4 is 5.95 Å². The highest BCUT2D eigenvalue weighted by Gasteiger charge is 2.31. The van der Waals surface area contributed by atoms with E-state index in [1.807, 2.05) is 18.2 Å². The van der Waals surface area contributed by atoms with Crippen molar-refractivity contribution in [1.82, 2.24) is 14.8 Å². The monoisotopic (exact) mass is 268 g/mol. The zero-order chi connectivity index (χ0) is 13.4. The van der Waals surface area contributed by atoms with Gasteiger partial charge in [-0.2, -0.15) is 4.98 Å². The number of benzene rings is 1. The smallest absolute Gasteiger partial charge is 0.221 e. The molecule has 4 heteroatoms. The van der Waals surface area contributed by atoms with Crippen LogP contribution in [0.1, 0.15) is 38.1 Å². The Morgan fingerprint density at radius 2 is 1.85 bits per heavy atom. The quantitative estimate of drug-likeness (QED) is 0.906. The second-order valence-electron chi connectivity index (χ2n) is 5.90. The molecule has 1 saturated carbocycles. The first-order valence-electron chi connectivity index (χ1n) is 7.67. The molecule has 20 heavy (non-hydrogen) atoms. The minimum Gasteiger partial charge on any atom is -0.354 e. The largest absolute Gasteiger partial charge is 0.354 e. The first-order valence-corrected chi connectivity index (χ1v) is 7.67. The lowest BCUT2D eigenvalue weighted by molar-refractivity contribution is 0.290. The molecule has 0 spiro atoms. The molecule has 1 aromatic heterocycles. The summed E-state index contributed by atoms with van der Waals surface area (Å²) < 4.78 is 2.15. The molecule has 1 unspecified atom stereocenters. The van der Waals surface area contributed by atoms with E-state index in [9.17, 15) is 0 Å². The lowest BCUT2D eigenvalue weighted by Gasteiger charge is -2.28. The van der Waals surface area contributed by atoms with Gasteiger partial charge in [0.1, 0.15) is 0 Å². The van der Waals surface area contributed by atoms with Crippen molar-refractivity contribution in [3.63, 3.8) is 0 Å². The van der Waals surface area contributed by atoms with Gasteiger partial charge in [-0.25, -0.2) is 4.68 Å². The molecule has 1 aliphatic carbocycles. The topological polar surface area (TPSA) is 42.7 Å². The van der Waals surface area contributed by atoms with Gasteiger partial charge in [0, 0.05) is 12.1 Å². The van der Waals surface area contributed by atoms with Crippen LogP contribution in [0.3, 0.4) is 0 Å². The van der Waals surface area contributed by atoms with E-state index < -0.39 is 0 Å². The standard InChI is InChI=1S/C16H20N4/c1-2-8-13(9-3-1)15-18-16-17-11-10-14(20(16)19-15)12-6-4-5-7-12/h1-3,8-9,12,14H,4-7,10-11H2,(H,17,18,19). The summed E-state index contributed by atoms with van der Waals surface area (Å²) in [7, 11) is 0. The number of anilines is 1. The molecule has 104 valence electrons. The van der Waals surface area contributed by atoms with Crippen LogP contribution in [0.25, 0.3) is 11.4 Å². The molecule has 0 amide bonds. The van der Waals surface area contributed by atoms with Gasteiger partial charge in [-0.3, -0.25) is 0 Å². The van der Waals surface area contributed by atoms with E-state index in [2.05, 4.69) is 27.1 Å². The van der Waals surface area contributed by atoms with Crippen molar-refractivity contribution in [3.8, 4) is 11.4 Å². The van der Waals surface area contributed by atoms with Gasteiger partial charge >= 0.3 is 0 Å². The van der Waals surface area contributed by atoms with Crippen molar-refractivity contribution in [2.45, 2.75) is 38.1 Å². The van der Waals surface area contributed by atoms with Gasteiger partial charge in [0.2, 0.25) is 5.95 Å². The Morgan fingerprint density at radius 1 is 1.05 bits per heavy atom. The third-order valence-corrected chi connectivity index (χ3v) is 4.64. The summed E-state index contributed by atoms with van der Waals surface area (Å²) in [5, 5.41) is 8.19. The number of fused-ring (bicyclic) bond motifs is 1. The summed E-state index contributed by atoms with van der Waals surface area (Å²) in [6.45, 7) is 1.02. The Hall–Kier alpha value is -1.84. The Balaban J connectivity index is 1.70. The molecule has 2 aromatic rings. The second-order valence-corrected chi connectivity index (χ2v) is 5.90. The molecule has 1 fully saturated rings. The molecule has 1 aromatic carbocycles. The molecule has 2 aliphatic rings. The first-order chi connectivity index (χ1) is 9.92. The van der Waals surface area contributed by atoms with Gasteiger partial charge in [-0.05, 0) is 25.2 Å². The highest BCUT2D eigenvalue weighted by molar-refractivity contribution is 5.56. The molecule has 1 aliphatic heterocycles. The summed E-state index contributed by atoms with van der Waals surface area (Å²) in [5.74, 6) is 2.59. The third-order valence-electron chi connectivity index (χ3n) is 4.64. The molecule has 1 atom stereocenters. The van der Waals surface area contributed by atoms with Crippen LogP contribution in [0.5, 0.6) is 0 Å². The highest BCUT2D eigenvalue weighted by Crippen LogP contribution is 2.39. The summed E-state index contributed by atoms with van der Waals surface area (Å²) in [5.41, 5.74) is 1.10.